The van der Waals surface area contributed by atoms with E-state index in [1.54, 1.807) is 9.42 Å². The van der Waals surface area contributed by atoms with Crippen molar-refractivity contribution in [1.82, 2.24) is 19.5 Å². The van der Waals surface area contributed by atoms with Crippen molar-refractivity contribution >= 4 is 29.1 Å². The minimum atomic E-state index is -0.563. The van der Waals surface area contributed by atoms with Crippen LogP contribution in [-0.4, -0.2) is 37.9 Å². The zero-order valence-electron chi connectivity index (χ0n) is 16.8. The molecule has 0 radical (unpaired) electrons. The maximum atomic E-state index is 12.8. The fourth-order valence-corrected chi connectivity index (χ4v) is 3.64. The molecule has 2 aromatic heterocycles. The van der Waals surface area contributed by atoms with Crippen molar-refractivity contribution in [1.29, 1.82) is 0 Å². The zero-order chi connectivity index (χ0) is 21.1. The van der Waals surface area contributed by atoms with E-state index in [0.29, 0.717) is 36.6 Å². The van der Waals surface area contributed by atoms with Gasteiger partial charge >= 0.3 is 0 Å². The Balaban J connectivity index is 1.78. The van der Waals surface area contributed by atoms with Gasteiger partial charge in [-0.15, -0.1) is 0 Å². The number of rotatable bonds is 7. The molecule has 0 atom stereocenters. The molecule has 3 aromatic rings. The van der Waals surface area contributed by atoms with Crippen LogP contribution in [0.5, 0.6) is 0 Å². The first-order valence-electron chi connectivity index (χ1n) is 9.48. The molecule has 0 aliphatic heterocycles. The minimum absolute atomic E-state index is 0.0459. The van der Waals surface area contributed by atoms with Crippen LogP contribution in [-0.2, 0) is 17.8 Å². The van der Waals surface area contributed by atoms with E-state index in [9.17, 15) is 9.59 Å². The largest absolute Gasteiger partial charge is 0.365 e. The second kappa shape index (κ2) is 8.61. The van der Waals surface area contributed by atoms with Gasteiger partial charge in [0.2, 0.25) is 5.91 Å². The molecule has 0 bridgehead atoms. The Morgan fingerprint density at radius 3 is 2.62 bits per heavy atom. The molecule has 0 saturated heterocycles. The van der Waals surface area contributed by atoms with E-state index in [0.717, 1.165) is 22.5 Å². The fraction of sp³-hybridized carbons (Fsp3) is 0.333. The summed E-state index contributed by atoms with van der Waals surface area (Å²) in [5.74, 6) is -0.517. The molecule has 2 heterocycles. The molecule has 29 heavy (non-hydrogen) atoms. The number of halogens is 1. The van der Waals surface area contributed by atoms with Crippen LogP contribution in [0.25, 0.3) is 5.65 Å². The summed E-state index contributed by atoms with van der Waals surface area (Å²) in [6.07, 6.45) is 2.30. The molecule has 0 spiro atoms. The summed E-state index contributed by atoms with van der Waals surface area (Å²) >= 11 is 6.24. The van der Waals surface area contributed by atoms with Gasteiger partial charge in [-0.05, 0) is 44.4 Å². The smallest absolute Gasteiger partial charge is 0.254 e. The molecular weight excluding hydrogens is 390 g/mol. The first kappa shape index (κ1) is 20.8. The van der Waals surface area contributed by atoms with Gasteiger partial charge in [-0.3, -0.25) is 9.59 Å². The molecule has 0 saturated carbocycles. The lowest BCUT2D eigenvalue weighted by molar-refractivity contribution is -0.131. The quantitative estimate of drug-likeness (QED) is 0.644. The highest BCUT2D eigenvalue weighted by molar-refractivity contribution is 6.31. The van der Waals surface area contributed by atoms with Gasteiger partial charge in [-0.2, -0.15) is 5.10 Å². The highest BCUT2D eigenvalue weighted by Crippen LogP contribution is 2.20. The van der Waals surface area contributed by atoms with Crippen molar-refractivity contribution in [3.05, 3.63) is 63.6 Å². The van der Waals surface area contributed by atoms with Crippen molar-refractivity contribution < 1.29 is 9.59 Å². The molecule has 0 aliphatic carbocycles. The number of amides is 2. The first-order valence-corrected chi connectivity index (χ1v) is 9.86. The lowest BCUT2D eigenvalue weighted by atomic mass is 10.1. The van der Waals surface area contributed by atoms with Crippen LogP contribution in [0.3, 0.4) is 0 Å². The monoisotopic (exact) mass is 413 g/mol. The summed E-state index contributed by atoms with van der Waals surface area (Å²) in [6.45, 7) is 6.80. The summed E-state index contributed by atoms with van der Waals surface area (Å²) in [5.41, 5.74) is 9.60. The van der Waals surface area contributed by atoms with E-state index in [4.69, 9.17) is 17.3 Å². The standard InChI is InChI=1S/C21H24ClN5O2/c1-4-26(12-15-7-5-6-8-18(15)22)19(28)10-9-16-13(2)25-21-17(20(23)29)11-24-27(21)14(16)3/h5-8,11H,4,9-10,12H2,1-3H3,(H2,23,29). The van der Waals surface area contributed by atoms with Crippen LogP contribution in [0, 0.1) is 13.8 Å². The summed E-state index contributed by atoms with van der Waals surface area (Å²) in [4.78, 5) is 30.7. The number of hydrogen-bond donors (Lipinski definition) is 1. The van der Waals surface area contributed by atoms with Gasteiger partial charge in [-0.25, -0.2) is 9.50 Å². The molecule has 2 amide bonds. The number of primary amides is 1. The highest BCUT2D eigenvalue weighted by Gasteiger charge is 2.19. The molecule has 7 nitrogen and oxygen atoms in total. The number of aromatic nitrogens is 3. The summed E-state index contributed by atoms with van der Waals surface area (Å²) in [5, 5.41) is 4.88. The Labute approximate surface area is 174 Å². The normalized spacial score (nSPS) is 11.0. The molecule has 1 aromatic carbocycles. The minimum Gasteiger partial charge on any atom is -0.365 e. The number of carbonyl (C=O) groups is 2. The Morgan fingerprint density at radius 1 is 1.24 bits per heavy atom. The number of carbonyl (C=O) groups excluding carboxylic acids is 2. The summed E-state index contributed by atoms with van der Waals surface area (Å²) in [7, 11) is 0. The molecule has 8 heteroatoms. The molecular formula is C21H24ClN5O2. The van der Waals surface area contributed by atoms with Gasteiger partial charge in [-0.1, -0.05) is 29.8 Å². The molecule has 2 N–H and O–H groups in total. The zero-order valence-corrected chi connectivity index (χ0v) is 17.5. The number of nitrogens with two attached hydrogens (primary N) is 1. The van der Waals surface area contributed by atoms with Crippen molar-refractivity contribution in [3.63, 3.8) is 0 Å². The second-order valence-electron chi connectivity index (χ2n) is 6.92. The van der Waals surface area contributed by atoms with Gasteiger partial charge in [0, 0.05) is 35.9 Å². The highest BCUT2D eigenvalue weighted by atomic mass is 35.5. The number of hydrogen-bond acceptors (Lipinski definition) is 4. The fourth-order valence-electron chi connectivity index (χ4n) is 3.45. The van der Waals surface area contributed by atoms with Crippen LogP contribution >= 0.6 is 11.6 Å². The second-order valence-corrected chi connectivity index (χ2v) is 7.33. The van der Waals surface area contributed by atoms with E-state index in [1.807, 2.05) is 45.0 Å². The van der Waals surface area contributed by atoms with Crippen LogP contribution in [0.4, 0.5) is 0 Å². The van der Waals surface area contributed by atoms with E-state index in [2.05, 4.69) is 10.1 Å². The number of aryl methyl sites for hydroxylation is 2. The maximum Gasteiger partial charge on any atom is 0.254 e. The molecule has 0 unspecified atom stereocenters. The van der Waals surface area contributed by atoms with Crippen LogP contribution in [0.2, 0.25) is 5.02 Å². The third-order valence-electron chi connectivity index (χ3n) is 5.12. The predicted molar refractivity (Wildman–Crippen MR) is 112 cm³/mol. The first-order chi connectivity index (χ1) is 13.8. The molecule has 152 valence electrons. The lowest BCUT2D eigenvalue weighted by Crippen LogP contribution is -2.30. The van der Waals surface area contributed by atoms with Crippen LogP contribution in [0.1, 0.15) is 46.2 Å². The Hall–Kier alpha value is -2.93. The maximum absolute atomic E-state index is 12.8. The Morgan fingerprint density at radius 2 is 1.97 bits per heavy atom. The van der Waals surface area contributed by atoms with Gasteiger partial charge < -0.3 is 10.6 Å². The van der Waals surface area contributed by atoms with Gasteiger partial charge in [0.25, 0.3) is 5.91 Å². The number of nitrogens with zero attached hydrogens (tertiary/aromatic N) is 4. The molecule has 0 aliphatic rings. The van der Waals surface area contributed by atoms with Gasteiger partial charge in [0.1, 0.15) is 5.56 Å². The third kappa shape index (κ3) is 4.24. The Kier molecular flexibility index (Phi) is 6.17. The Bertz CT molecular complexity index is 1080. The molecule has 3 rings (SSSR count). The van der Waals surface area contributed by atoms with Crippen molar-refractivity contribution in [2.45, 2.75) is 40.2 Å². The van der Waals surface area contributed by atoms with E-state index in [-0.39, 0.29) is 11.5 Å². The van der Waals surface area contributed by atoms with Crippen molar-refractivity contribution in [2.75, 3.05) is 6.54 Å². The van der Waals surface area contributed by atoms with Crippen molar-refractivity contribution in [3.8, 4) is 0 Å². The number of benzene rings is 1. The van der Waals surface area contributed by atoms with E-state index < -0.39 is 5.91 Å². The average molecular weight is 414 g/mol. The lowest BCUT2D eigenvalue weighted by Gasteiger charge is -2.22. The summed E-state index contributed by atoms with van der Waals surface area (Å²) < 4.78 is 1.61. The van der Waals surface area contributed by atoms with Crippen LogP contribution < -0.4 is 5.73 Å². The predicted octanol–water partition coefficient (Wildman–Crippen LogP) is 3.08. The topological polar surface area (TPSA) is 93.6 Å². The van der Waals surface area contributed by atoms with Gasteiger partial charge in [0.15, 0.2) is 5.65 Å². The van der Waals surface area contributed by atoms with Gasteiger partial charge in [0.05, 0.1) is 6.20 Å². The van der Waals surface area contributed by atoms with Crippen LogP contribution in [0.15, 0.2) is 30.5 Å². The van der Waals surface area contributed by atoms with E-state index in [1.165, 1.54) is 6.20 Å². The molecule has 0 fully saturated rings. The SMILES string of the molecule is CCN(Cc1ccccc1Cl)C(=O)CCc1c(C)nc2c(C(N)=O)cnn2c1C. The van der Waals surface area contributed by atoms with Crippen molar-refractivity contribution in [2.24, 2.45) is 5.73 Å². The average Bonchev–Trinajstić information content (AvgIpc) is 3.11. The van der Waals surface area contributed by atoms with E-state index >= 15 is 0 Å². The third-order valence-corrected chi connectivity index (χ3v) is 5.49. The summed E-state index contributed by atoms with van der Waals surface area (Å²) in [6, 6.07) is 7.54. The number of fused-ring (bicyclic) bond motifs is 1.